The summed E-state index contributed by atoms with van der Waals surface area (Å²) in [6, 6.07) is 1.28. The first kappa shape index (κ1) is 39.9. The SMILES string of the molecule is C=CCCCC[Si](C)(C)OC.CO[SiH](C)C.O=[Si](O)[Si]([Si](=O)O)([Si](=O)O)[Si]([Si](=O)O)([Si](=O)O)[Si](=O)O. The van der Waals surface area contributed by atoms with Crippen molar-refractivity contribution < 1.29 is 64.4 Å². The van der Waals surface area contributed by atoms with Crippen LogP contribution in [-0.4, -0.2) is 123 Å². The number of hydrogen-bond donors (Lipinski definition) is 6. The Bertz CT molecular complexity index is 698. The highest BCUT2D eigenvalue weighted by Gasteiger charge is 2.91. The Balaban J connectivity index is -0.000000566. The Morgan fingerprint density at radius 3 is 1.17 bits per heavy atom. The van der Waals surface area contributed by atoms with Gasteiger partial charge in [0.05, 0.1) is 0 Å². The molecule has 6 N–H and O–H groups in total. The van der Waals surface area contributed by atoms with E-state index in [1.165, 1.54) is 18.9 Å². The highest BCUT2D eigenvalue weighted by atomic mass is 30.4. The first-order chi connectivity index (χ1) is 16.3. The van der Waals surface area contributed by atoms with E-state index < -0.39 is 80.3 Å². The van der Waals surface area contributed by atoms with Gasteiger partial charge in [-0.2, -0.15) is 0 Å². The van der Waals surface area contributed by atoms with E-state index in [1.807, 2.05) is 13.2 Å². The molecular formula is C12H36O14Si10. The molecule has 36 heavy (non-hydrogen) atoms. The summed E-state index contributed by atoms with van der Waals surface area (Å²) in [5, 5.41) is 0. The molecule has 208 valence electrons. The van der Waals surface area contributed by atoms with Gasteiger partial charge < -0.3 is 64.4 Å². The predicted octanol–water partition coefficient (Wildman–Crippen LogP) is -3.29. The first-order valence-corrected chi connectivity index (χ1v) is 35.4. The molecule has 14 nitrogen and oxygen atoms in total. The summed E-state index contributed by atoms with van der Waals surface area (Å²) in [4.78, 5) is 54.9. The third kappa shape index (κ3) is 11.0. The Hall–Kier alpha value is -0.571. The Morgan fingerprint density at radius 2 is 1.00 bits per heavy atom. The highest BCUT2D eigenvalue weighted by Crippen LogP contribution is 2.19. The lowest BCUT2D eigenvalue weighted by atomic mass is 10.2. The van der Waals surface area contributed by atoms with Gasteiger partial charge in [-0.15, -0.1) is 6.58 Å². The average Bonchev–Trinajstić information content (AvgIpc) is 2.73. The minimum absolute atomic E-state index is 0.650. The molecule has 0 saturated carbocycles. The van der Waals surface area contributed by atoms with Crippen LogP contribution in [0.4, 0.5) is 0 Å². The van der Waals surface area contributed by atoms with Gasteiger partial charge in [0.2, 0.25) is 0 Å². The third-order valence-electron chi connectivity index (χ3n) is 4.95. The van der Waals surface area contributed by atoms with Crippen molar-refractivity contribution >= 4 is 80.3 Å². The van der Waals surface area contributed by atoms with E-state index in [0.717, 1.165) is 6.42 Å². The summed E-state index contributed by atoms with van der Waals surface area (Å²) in [6.07, 6.45) is -5.52. The largest absolute Gasteiger partial charge is 0.542 e. The third-order valence-corrected chi connectivity index (χ3v) is 104. The molecule has 0 bridgehead atoms. The van der Waals surface area contributed by atoms with Crippen LogP contribution < -0.4 is 0 Å². The van der Waals surface area contributed by atoms with E-state index in [-0.39, 0.29) is 0 Å². The molecule has 0 aliphatic heterocycles. The molecule has 0 unspecified atom stereocenters. The van der Waals surface area contributed by atoms with Gasteiger partial charge in [0.15, 0.2) is 17.4 Å². The second kappa shape index (κ2) is 18.6. The zero-order chi connectivity index (χ0) is 29.5. The van der Waals surface area contributed by atoms with E-state index in [9.17, 15) is 26.8 Å². The predicted molar refractivity (Wildman–Crippen MR) is 143 cm³/mol. The second-order valence-electron chi connectivity index (χ2n) is 8.11. The van der Waals surface area contributed by atoms with Crippen molar-refractivity contribution in [3.05, 3.63) is 12.7 Å². The van der Waals surface area contributed by atoms with Crippen molar-refractivity contribution in [3.8, 4) is 0 Å². The molecule has 0 atom stereocenters. The first-order valence-electron chi connectivity index (χ1n) is 10.4. The van der Waals surface area contributed by atoms with E-state index >= 15 is 0 Å². The van der Waals surface area contributed by atoms with Crippen LogP contribution in [0.5, 0.6) is 0 Å². The minimum atomic E-state index is -5.60. The number of rotatable bonds is 14. The molecule has 0 radical (unpaired) electrons. The Labute approximate surface area is 222 Å². The second-order valence-corrected chi connectivity index (χ2v) is 65.5. The number of unbranched alkanes of at least 4 members (excludes halogenated alkanes) is 2. The van der Waals surface area contributed by atoms with E-state index in [1.54, 1.807) is 7.11 Å². The average molecular weight is 685 g/mol. The number of hydrogen-bond acceptors (Lipinski definition) is 8. The van der Waals surface area contributed by atoms with Crippen LogP contribution in [0.15, 0.2) is 12.7 Å². The lowest BCUT2D eigenvalue weighted by Crippen LogP contribution is -2.91. The summed E-state index contributed by atoms with van der Waals surface area (Å²) in [7, 11) is -25.4. The molecular weight excluding hydrogens is 649 g/mol. The van der Waals surface area contributed by atoms with Gasteiger partial charge >= 0.3 is 63.0 Å². The van der Waals surface area contributed by atoms with Crippen LogP contribution in [0.2, 0.25) is 32.2 Å². The van der Waals surface area contributed by atoms with Crippen LogP contribution in [0.1, 0.15) is 19.3 Å². The summed E-state index contributed by atoms with van der Waals surface area (Å²) in [5.74, 6) is 0. The molecule has 0 rings (SSSR count). The summed E-state index contributed by atoms with van der Waals surface area (Å²) in [6.45, 7) is 12.5. The van der Waals surface area contributed by atoms with Crippen molar-refractivity contribution in [2.24, 2.45) is 0 Å². The molecule has 0 aromatic rings. The lowest BCUT2D eigenvalue weighted by Gasteiger charge is -2.23. The number of allylic oxidation sites excluding steroid dienone is 1. The van der Waals surface area contributed by atoms with Crippen LogP contribution in [0, 0.1) is 0 Å². The van der Waals surface area contributed by atoms with Crippen molar-refractivity contribution in [1.29, 1.82) is 0 Å². The Morgan fingerprint density at radius 1 is 0.722 bits per heavy atom. The van der Waals surface area contributed by atoms with E-state index in [2.05, 4.69) is 32.8 Å². The molecule has 0 aromatic carbocycles. The van der Waals surface area contributed by atoms with Crippen LogP contribution in [0.3, 0.4) is 0 Å². The molecule has 0 aliphatic carbocycles. The van der Waals surface area contributed by atoms with Gasteiger partial charge in [-0.25, -0.2) is 0 Å². The molecule has 0 heterocycles. The van der Waals surface area contributed by atoms with Crippen LogP contribution >= 0.6 is 0 Å². The monoisotopic (exact) mass is 684 g/mol. The summed E-state index contributed by atoms with van der Waals surface area (Å²) < 4.78 is 78.6. The molecule has 0 aliphatic rings. The molecule has 24 heteroatoms. The quantitative estimate of drug-likeness (QED) is 0.0597. The topological polar surface area (TPSA) is 242 Å². The van der Waals surface area contributed by atoms with Crippen LogP contribution in [-0.2, 0) is 35.6 Å². The fourth-order valence-corrected chi connectivity index (χ4v) is 95.0. The van der Waals surface area contributed by atoms with E-state index in [0.29, 0.717) is 0 Å². The van der Waals surface area contributed by atoms with Gasteiger partial charge in [-0.1, -0.05) is 18.9 Å². The van der Waals surface area contributed by atoms with Gasteiger partial charge in [0.25, 0.3) is 0 Å². The zero-order valence-electron chi connectivity index (χ0n) is 21.1. The minimum Gasteiger partial charge on any atom is -0.542 e. The maximum Gasteiger partial charge on any atom is 0.483 e. The van der Waals surface area contributed by atoms with E-state index in [4.69, 9.17) is 37.6 Å². The lowest BCUT2D eigenvalue weighted by molar-refractivity contribution is 0.401. The fraction of sp³-hybridized carbons (Fsp3) is 0.833. The highest BCUT2D eigenvalue weighted by molar-refractivity contribution is 8.14. The Kier molecular flexibility index (Phi) is 20.7. The summed E-state index contributed by atoms with van der Waals surface area (Å²) in [5.41, 5.74) is 0. The van der Waals surface area contributed by atoms with Gasteiger partial charge in [0, 0.05) is 14.2 Å². The van der Waals surface area contributed by atoms with Crippen molar-refractivity contribution in [2.45, 2.75) is 51.5 Å². The fourth-order valence-electron chi connectivity index (χ4n) is 2.45. The molecule has 0 aromatic heterocycles. The normalized spacial score (nSPS) is 11.2. The standard InChI is InChI=1S/C9H20OSi.C3H10OSi.H6O12Si8/c1-5-6-7-8-9-11(3,4)10-2;1-4-5(2)3;1-13(2)19(14(3)4,15(5)6)20(16(7)8,17(9)10)18(11)12/h5H,1,6-9H2,2-4H3;5H,1-3H3;1,3,5,7,9,11H. The zero-order valence-corrected chi connectivity index (χ0v) is 31.3. The van der Waals surface area contributed by atoms with Gasteiger partial charge in [-0.3, -0.25) is 0 Å². The molecule has 0 amide bonds. The molecule has 0 spiro atoms. The maximum absolute atomic E-state index is 11.4. The van der Waals surface area contributed by atoms with Crippen molar-refractivity contribution in [1.82, 2.24) is 0 Å². The smallest absolute Gasteiger partial charge is 0.483 e. The van der Waals surface area contributed by atoms with Gasteiger partial charge in [-0.05, 0) is 38.7 Å². The maximum atomic E-state index is 11.4. The summed E-state index contributed by atoms with van der Waals surface area (Å²) >= 11 is 0. The van der Waals surface area contributed by atoms with Gasteiger partial charge in [0.1, 0.15) is 0 Å². The van der Waals surface area contributed by atoms with Crippen molar-refractivity contribution in [3.63, 3.8) is 0 Å². The van der Waals surface area contributed by atoms with Crippen LogP contribution in [0.25, 0.3) is 0 Å². The molecule has 0 fully saturated rings. The molecule has 0 saturated heterocycles. The van der Waals surface area contributed by atoms with Crippen molar-refractivity contribution in [2.75, 3.05) is 14.2 Å².